The van der Waals surface area contributed by atoms with E-state index in [4.69, 9.17) is 0 Å². The maximum atomic E-state index is 13.6. The molecule has 0 saturated heterocycles. The molecule has 0 spiro atoms. The van der Waals surface area contributed by atoms with Crippen molar-refractivity contribution in [3.8, 4) is 0 Å². The van der Waals surface area contributed by atoms with Crippen LogP contribution in [0.1, 0.15) is 57.2 Å². The molecule has 3 rings (SSSR count). The largest absolute Gasteiger partial charge is 0.356 e. The van der Waals surface area contributed by atoms with Crippen LogP contribution in [0.15, 0.2) is 53.4 Å². The molecule has 0 fully saturated rings. The van der Waals surface area contributed by atoms with Gasteiger partial charge in [-0.3, -0.25) is 9.59 Å². The zero-order valence-electron chi connectivity index (χ0n) is 19.5. The third-order valence-electron chi connectivity index (χ3n) is 5.85. The van der Waals surface area contributed by atoms with Gasteiger partial charge >= 0.3 is 0 Å². The summed E-state index contributed by atoms with van der Waals surface area (Å²) in [5.74, 6) is 0.180. The highest BCUT2D eigenvalue weighted by Crippen LogP contribution is 2.36. The van der Waals surface area contributed by atoms with Gasteiger partial charge in [-0.15, -0.1) is 0 Å². The number of hydrogen-bond donors (Lipinski definition) is 2. The van der Waals surface area contributed by atoms with Crippen molar-refractivity contribution in [2.45, 2.75) is 57.4 Å². The van der Waals surface area contributed by atoms with Crippen LogP contribution in [0.4, 0.5) is 5.69 Å². The standard InChI is InChI=1S/C25H33N3O4S/c1-4-24(29)27-20-9-11-21(12-10-20)33(31,32)28-16-14-19-7-5-6-8-22(19)23(28)17-25(30)26-15-13-18(2)3/h5-12,18,23H,4,13-17H2,1-3H3,(H,26,30)(H,27,29)/t23-/m1/s1. The lowest BCUT2D eigenvalue weighted by Gasteiger charge is -2.36. The Morgan fingerprint density at radius 3 is 2.42 bits per heavy atom. The van der Waals surface area contributed by atoms with Crippen molar-refractivity contribution in [1.29, 1.82) is 0 Å². The van der Waals surface area contributed by atoms with Gasteiger partial charge in [0.15, 0.2) is 0 Å². The van der Waals surface area contributed by atoms with Crippen molar-refractivity contribution in [1.82, 2.24) is 9.62 Å². The number of amides is 2. The fourth-order valence-electron chi connectivity index (χ4n) is 3.97. The summed E-state index contributed by atoms with van der Waals surface area (Å²) < 4.78 is 28.6. The lowest BCUT2D eigenvalue weighted by molar-refractivity contribution is -0.122. The van der Waals surface area contributed by atoms with Crippen molar-refractivity contribution >= 4 is 27.5 Å². The zero-order valence-corrected chi connectivity index (χ0v) is 20.3. The molecule has 178 valence electrons. The van der Waals surface area contributed by atoms with Gasteiger partial charge in [0.25, 0.3) is 0 Å². The first-order chi connectivity index (χ1) is 15.7. The van der Waals surface area contributed by atoms with E-state index in [9.17, 15) is 18.0 Å². The fraction of sp³-hybridized carbons (Fsp3) is 0.440. The van der Waals surface area contributed by atoms with Crippen molar-refractivity contribution in [2.24, 2.45) is 5.92 Å². The Kier molecular flexibility index (Phi) is 8.26. The van der Waals surface area contributed by atoms with Gasteiger partial charge in [-0.1, -0.05) is 45.0 Å². The van der Waals surface area contributed by atoms with E-state index in [1.54, 1.807) is 19.1 Å². The van der Waals surface area contributed by atoms with Crippen molar-refractivity contribution in [3.05, 3.63) is 59.7 Å². The Labute approximate surface area is 196 Å². The van der Waals surface area contributed by atoms with Gasteiger partial charge in [0, 0.05) is 31.6 Å². The molecule has 0 saturated carbocycles. The Balaban J connectivity index is 1.85. The fourth-order valence-corrected chi connectivity index (χ4v) is 5.58. The molecule has 8 heteroatoms. The van der Waals surface area contributed by atoms with Gasteiger partial charge in [-0.05, 0) is 54.2 Å². The van der Waals surface area contributed by atoms with Crippen molar-refractivity contribution in [2.75, 3.05) is 18.4 Å². The summed E-state index contributed by atoms with van der Waals surface area (Å²) >= 11 is 0. The molecule has 2 amide bonds. The first kappa shape index (κ1) is 24.9. The van der Waals surface area contributed by atoms with Crippen molar-refractivity contribution in [3.63, 3.8) is 0 Å². The molecule has 2 aromatic carbocycles. The lowest BCUT2D eigenvalue weighted by atomic mass is 9.92. The molecule has 7 nitrogen and oxygen atoms in total. The first-order valence-corrected chi connectivity index (χ1v) is 12.9. The smallest absolute Gasteiger partial charge is 0.243 e. The van der Waals surface area contributed by atoms with E-state index in [2.05, 4.69) is 24.5 Å². The van der Waals surface area contributed by atoms with E-state index in [0.717, 1.165) is 17.5 Å². The number of hydrogen-bond acceptors (Lipinski definition) is 4. The number of rotatable bonds is 9. The number of nitrogens with zero attached hydrogens (tertiary/aromatic N) is 1. The van der Waals surface area contributed by atoms with Crippen LogP contribution in [0.3, 0.4) is 0 Å². The number of nitrogens with one attached hydrogen (secondary N) is 2. The van der Waals surface area contributed by atoms with E-state index in [1.165, 1.54) is 16.4 Å². The monoisotopic (exact) mass is 471 g/mol. The number of anilines is 1. The highest BCUT2D eigenvalue weighted by atomic mass is 32.2. The maximum absolute atomic E-state index is 13.6. The van der Waals surface area contributed by atoms with Crippen LogP contribution in [0.5, 0.6) is 0 Å². The second-order valence-electron chi connectivity index (χ2n) is 8.74. The Morgan fingerprint density at radius 1 is 1.06 bits per heavy atom. The van der Waals surface area contributed by atoms with Crippen molar-refractivity contribution < 1.29 is 18.0 Å². The van der Waals surface area contributed by atoms with Gasteiger partial charge in [0.1, 0.15) is 0 Å². The Morgan fingerprint density at radius 2 is 1.76 bits per heavy atom. The molecule has 33 heavy (non-hydrogen) atoms. The maximum Gasteiger partial charge on any atom is 0.243 e. The van der Waals surface area contributed by atoms with Gasteiger partial charge < -0.3 is 10.6 Å². The van der Waals surface area contributed by atoms with Crippen LogP contribution in [0, 0.1) is 5.92 Å². The summed E-state index contributed by atoms with van der Waals surface area (Å²) in [4.78, 5) is 24.5. The highest BCUT2D eigenvalue weighted by molar-refractivity contribution is 7.89. The van der Waals surface area contributed by atoms with Crippen LogP contribution in [-0.2, 0) is 26.0 Å². The van der Waals surface area contributed by atoms with Gasteiger partial charge in [-0.2, -0.15) is 4.31 Å². The molecule has 0 aromatic heterocycles. The molecular formula is C25H33N3O4S. The van der Waals surface area contributed by atoms with E-state index < -0.39 is 16.1 Å². The number of benzene rings is 2. The normalized spacial score (nSPS) is 16.3. The van der Waals surface area contributed by atoms with Crippen LogP contribution in [0.25, 0.3) is 0 Å². The molecular weight excluding hydrogens is 438 g/mol. The molecule has 0 bridgehead atoms. The third kappa shape index (κ3) is 6.21. The minimum Gasteiger partial charge on any atom is -0.356 e. The predicted molar refractivity (Wildman–Crippen MR) is 129 cm³/mol. The quantitative estimate of drug-likeness (QED) is 0.580. The minimum absolute atomic E-state index is 0.0684. The molecule has 0 unspecified atom stereocenters. The SMILES string of the molecule is CCC(=O)Nc1ccc(S(=O)(=O)N2CCc3ccccc3[C@H]2CC(=O)NCCC(C)C)cc1. The van der Waals surface area contributed by atoms with Gasteiger partial charge in [0.05, 0.1) is 10.9 Å². The lowest BCUT2D eigenvalue weighted by Crippen LogP contribution is -2.42. The third-order valence-corrected chi connectivity index (χ3v) is 7.77. The summed E-state index contributed by atoms with van der Waals surface area (Å²) in [7, 11) is -3.84. The average Bonchev–Trinajstić information content (AvgIpc) is 2.79. The summed E-state index contributed by atoms with van der Waals surface area (Å²) in [6, 6.07) is 13.3. The second-order valence-corrected chi connectivity index (χ2v) is 10.6. The number of fused-ring (bicyclic) bond motifs is 1. The predicted octanol–water partition coefficient (Wildman–Crippen LogP) is 3.88. The molecule has 0 aliphatic carbocycles. The summed E-state index contributed by atoms with van der Waals surface area (Å²) in [5, 5.41) is 5.66. The summed E-state index contributed by atoms with van der Waals surface area (Å²) in [6.45, 7) is 6.81. The van der Waals surface area contributed by atoms with E-state index >= 15 is 0 Å². The molecule has 1 heterocycles. The number of sulfonamides is 1. The van der Waals surface area contributed by atoms with Gasteiger partial charge in [0.2, 0.25) is 21.8 Å². The van der Waals surface area contributed by atoms with E-state index in [1.807, 2.05) is 24.3 Å². The first-order valence-electron chi connectivity index (χ1n) is 11.5. The van der Waals surface area contributed by atoms with Crippen LogP contribution in [0.2, 0.25) is 0 Å². The molecule has 1 aliphatic heterocycles. The Hall–Kier alpha value is -2.71. The molecule has 1 aliphatic rings. The second kappa shape index (κ2) is 10.9. The van der Waals surface area contributed by atoms with E-state index in [-0.39, 0.29) is 23.1 Å². The number of carbonyl (C=O) groups is 2. The molecule has 2 aromatic rings. The topological polar surface area (TPSA) is 95.6 Å². The summed E-state index contributed by atoms with van der Waals surface area (Å²) in [5.41, 5.74) is 2.49. The van der Waals surface area contributed by atoms with E-state index in [0.29, 0.717) is 37.5 Å². The molecule has 0 radical (unpaired) electrons. The van der Waals surface area contributed by atoms with Crippen LogP contribution in [-0.4, -0.2) is 37.6 Å². The van der Waals surface area contributed by atoms with Crippen LogP contribution >= 0.6 is 0 Å². The van der Waals surface area contributed by atoms with Crippen LogP contribution < -0.4 is 10.6 Å². The van der Waals surface area contributed by atoms with Gasteiger partial charge in [-0.25, -0.2) is 8.42 Å². The Bertz CT molecular complexity index is 1080. The highest BCUT2D eigenvalue weighted by Gasteiger charge is 2.37. The number of carbonyl (C=O) groups excluding carboxylic acids is 2. The molecule has 1 atom stereocenters. The minimum atomic E-state index is -3.84. The summed E-state index contributed by atoms with van der Waals surface area (Å²) in [6.07, 6.45) is 1.87. The zero-order chi connectivity index (χ0) is 24.0. The average molecular weight is 472 g/mol. The molecule has 2 N–H and O–H groups in total.